The summed E-state index contributed by atoms with van der Waals surface area (Å²) in [6.45, 7) is 3.15. The maximum Gasteiger partial charge on any atom is 0.0454 e. The summed E-state index contributed by atoms with van der Waals surface area (Å²) in [5, 5.41) is 8.22. The zero-order chi connectivity index (χ0) is 10.1. The van der Waals surface area contributed by atoms with E-state index in [-0.39, 0.29) is 12.4 Å². The molecule has 3 nitrogen and oxygen atoms in total. The van der Waals surface area contributed by atoms with Crippen LogP contribution in [0, 0.1) is 0 Å². The lowest BCUT2D eigenvalue weighted by atomic mass is 10.0. The molecule has 0 unspecified atom stereocenters. The molecule has 1 fully saturated rings. The van der Waals surface area contributed by atoms with Gasteiger partial charge in [0.15, 0.2) is 0 Å². The number of aromatic nitrogens is 1. The van der Waals surface area contributed by atoms with Crippen molar-refractivity contribution < 1.29 is 0 Å². The van der Waals surface area contributed by atoms with Gasteiger partial charge < -0.3 is 15.6 Å². The molecular weight excluding hydrogens is 222 g/mol. The van der Waals surface area contributed by atoms with Gasteiger partial charge in [0.25, 0.3) is 0 Å². The third-order valence-corrected chi connectivity index (χ3v) is 3.02. The lowest BCUT2D eigenvalue weighted by Crippen LogP contribution is -2.42. The zero-order valence-corrected chi connectivity index (χ0v) is 9.81. The van der Waals surface area contributed by atoms with Crippen molar-refractivity contribution >= 4 is 23.3 Å². The molecule has 0 aliphatic carbocycles. The largest absolute Gasteiger partial charge is 0.361 e. The van der Waals surface area contributed by atoms with E-state index in [0.29, 0.717) is 6.04 Å². The van der Waals surface area contributed by atoms with Crippen LogP contribution in [0.4, 0.5) is 0 Å². The van der Waals surface area contributed by atoms with Gasteiger partial charge in [-0.25, -0.2) is 0 Å². The molecule has 16 heavy (non-hydrogen) atoms. The minimum atomic E-state index is 0. The first-order valence-electron chi connectivity index (χ1n) is 5.44. The van der Waals surface area contributed by atoms with Crippen LogP contribution < -0.4 is 10.6 Å². The van der Waals surface area contributed by atoms with Crippen LogP contribution in [-0.2, 0) is 0 Å². The van der Waals surface area contributed by atoms with Gasteiger partial charge in [0, 0.05) is 37.4 Å². The van der Waals surface area contributed by atoms with E-state index < -0.39 is 0 Å². The molecule has 1 aliphatic rings. The van der Waals surface area contributed by atoms with E-state index in [9.17, 15) is 0 Å². The summed E-state index contributed by atoms with van der Waals surface area (Å²) < 4.78 is 0. The molecule has 3 N–H and O–H groups in total. The van der Waals surface area contributed by atoms with E-state index in [1.165, 1.54) is 16.5 Å². The Morgan fingerprint density at radius 1 is 1.12 bits per heavy atom. The lowest BCUT2D eigenvalue weighted by molar-refractivity contribution is 0.430. The minimum Gasteiger partial charge on any atom is -0.361 e. The van der Waals surface area contributed by atoms with Crippen molar-refractivity contribution in [1.29, 1.82) is 0 Å². The van der Waals surface area contributed by atoms with Crippen molar-refractivity contribution in [3.8, 4) is 0 Å². The van der Waals surface area contributed by atoms with Gasteiger partial charge in [-0.1, -0.05) is 6.07 Å². The molecular formula is C12H16ClN3. The highest BCUT2D eigenvalue weighted by Crippen LogP contribution is 2.19. The number of hydrogen-bond acceptors (Lipinski definition) is 2. The van der Waals surface area contributed by atoms with Gasteiger partial charge in [-0.2, -0.15) is 0 Å². The zero-order valence-electron chi connectivity index (χ0n) is 8.99. The summed E-state index contributed by atoms with van der Waals surface area (Å²) in [5.74, 6) is 0. The number of halogens is 1. The Hall–Kier alpha value is -1.03. The molecule has 4 heteroatoms. The summed E-state index contributed by atoms with van der Waals surface area (Å²) in [4.78, 5) is 3.21. The van der Waals surface area contributed by atoms with Crippen molar-refractivity contribution in [3.63, 3.8) is 0 Å². The van der Waals surface area contributed by atoms with Crippen molar-refractivity contribution in [2.45, 2.75) is 6.04 Å². The number of hydrogen-bond donors (Lipinski definition) is 3. The van der Waals surface area contributed by atoms with Gasteiger partial charge in [0.2, 0.25) is 0 Å². The molecule has 0 amide bonds. The Balaban J connectivity index is 0.000000963. The smallest absolute Gasteiger partial charge is 0.0454 e. The summed E-state index contributed by atoms with van der Waals surface area (Å²) in [7, 11) is 0. The van der Waals surface area contributed by atoms with Crippen LogP contribution in [0.3, 0.4) is 0 Å². The fourth-order valence-corrected chi connectivity index (χ4v) is 2.18. The van der Waals surface area contributed by atoms with Crippen LogP contribution in [0.2, 0.25) is 0 Å². The van der Waals surface area contributed by atoms with E-state index in [1.54, 1.807) is 0 Å². The molecule has 86 valence electrons. The molecule has 1 atom stereocenters. The van der Waals surface area contributed by atoms with Gasteiger partial charge in [-0.05, 0) is 29.1 Å². The van der Waals surface area contributed by atoms with E-state index in [1.807, 2.05) is 6.20 Å². The molecule has 0 spiro atoms. The first kappa shape index (κ1) is 11.5. The molecule has 0 radical (unpaired) electrons. The number of fused-ring (bicyclic) bond motifs is 1. The average molecular weight is 238 g/mol. The molecule has 1 saturated heterocycles. The normalized spacial score (nSPS) is 20.6. The summed E-state index contributed by atoms with van der Waals surface area (Å²) >= 11 is 0. The van der Waals surface area contributed by atoms with E-state index in [0.717, 1.165) is 19.6 Å². The predicted octanol–water partition coefficient (Wildman–Crippen LogP) is 1.82. The van der Waals surface area contributed by atoms with Crippen molar-refractivity contribution in [2.24, 2.45) is 0 Å². The van der Waals surface area contributed by atoms with Crippen molar-refractivity contribution in [1.82, 2.24) is 15.6 Å². The van der Waals surface area contributed by atoms with Gasteiger partial charge in [0.05, 0.1) is 0 Å². The highest BCUT2D eigenvalue weighted by molar-refractivity contribution is 5.85. The highest BCUT2D eigenvalue weighted by Gasteiger charge is 2.14. The van der Waals surface area contributed by atoms with Gasteiger partial charge >= 0.3 is 0 Å². The second-order valence-electron chi connectivity index (χ2n) is 4.04. The van der Waals surface area contributed by atoms with Crippen LogP contribution in [0.15, 0.2) is 30.5 Å². The first-order valence-corrected chi connectivity index (χ1v) is 5.44. The third kappa shape index (κ3) is 2.07. The average Bonchev–Trinajstić information content (AvgIpc) is 2.77. The van der Waals surface area contributed by atoms with Crippen LogP contribution in [0.25, 0.3) is 10.9 Å². The first-order chi connectivity index (χ1) is 7.43. The standard InChI is InChI=1S/C12H15N3.ClH/c1-2-11-10(3-4-14-11)7-9(1)12-8-13-5-6-15-12;/h1-4,7,12-15H,5-6,8H2;1H/t12-;/m1./s1. The molecule has 0 saturated carbocycles. The predicted molar refractivity (Wildman–Crippen MR) is 69.2 cm³/mol. The van der Waals surface area contributed by atoms with Crippen LogP contribution in [-0.4, -0.2) is 24.6 Å². The number of nitrogens with one attached hydrogen (secondary N) is 3. The van der Waals surface area contributed by atoms with Crippen LogP contribution in [0.1, 0.15) is 11.6 Å². The number of aromatic amines is 1. The Morgan fingerprint density at radius 3 is 2.88 bits per heavy atom. The van der Waals surface area contributed by atoms with E-state index in [4.69, 9.17) is 0 Å². The highest BCUT2D eigenvalue weighted by atomic mass is 35.5. The van der Waals surface area contributed by atoms with E-state index in [2.05, 4.69) is 39.9 Å². The van der Waals surface area contributed by atoms with Gasteiger partial charge in [0.1, 0.15) is 0 Å². The fourth-order valence-electron chi connectivity index (χ4n) is 2.18. The quantitative estimate of drug-likeness (QED) is 0.708. The topological polar surface area (TPSA) is 39.8 Å². The molecule has 1 aromatic heterocycles. The summed E-state index contributed by atoms with van der Waals surface area (Å²) in [6.07, 6.45) is 1.99. The number of piperazine rings is 1. The maximum atomic E-state index is 3.52. The van der Waals surface area contributed by atoms with Crippen molar-refractivity contribution in [2.75, 3.05) is 19.6 Å². The van der Waals surface area contributed by atoms with Gasteiger partial charge in [-0.15, -0.1) is 12.4 Å². The fraction of sp³-hybridized carbons (Fsp3) is 0.333. The monoisotopic (exact) mass is 237 g/mol. The molecule has 3 rings (SSSR count). The van der Waals surface area contributed by atoms with Gasteiger partial charge in [-0.3, -0.25) is 0 Å². The second-order valence-corrected chi connectivity index (χ2v) is 4.04. The Kier molecular flexibility index (Phi) is 3.49. The van der Waals surface area contributed by atoms with E-state index >= 15 is 0 Å². The number of rotatable bonds is 1. The Labute approximate surface area is 101 Å². The molecule has 2 heterocycles. The SMILES string of the molecule is Cl.c1cc2cc([C@H]3CNCCN3)ccc2[nH]1. The van der Waals surface area contributed by atoms with Crippen LogP contribution in [0.5, 0.6) is 0 Å². The number of H-pyrrole nitrogens is 1. The Morgan fingerprint density at radius 2 is 2.06 bits per heavy atom. The number of benzene rings is 1. The minimum absolute atomic E-state index is 0. The Bertz CT molecular complexity index is 460. The molecule has 2 aromatic rings. The van der Waals surface area contributed by atoms with Crippen molar-refractivity contribution in [3.05, 3.63) is 36.0 Å². The van der Waals surface area contributed by atoms with Crippen LogP contribution >= 0.6 is 12.4 Å². The summed E-state index contributed by atoms with van der Waals surface area (Å²) in [6, 6.07) is 9.19. The summed E-state index contributed by atoms with van der Waals surface area (Å²) in [5.41, 5.74) is 2.58. The second kappa shape index (κ2) is 4.87. The molecule has 1 aliphatic heterocycles. The maximum absolute atomic E-state index is 3.52. The third-order valence-electron chi connectivity index (χ3n) is 3.02. The molecule has 0 bridgehead atoms. The molecule has 1 aromatic carbocycles. The lowest BCUT2D eigenvalue weighted by Gasteiger charge is -2.24.